The van der Waals surface area contributed by atoms with Gasteiger partial charge in [-0.25, -0.2) is 4.39 Å². The molecule has 0 saturated carbocycles. The van der Waals surface area contributed by atoms with Gasteiger partial charge in [0, 0.05) is 26.2 Å². The van der Waals surface area contributed by atoms with E-state index in [1.807, 2.05) is 24.3 Å². The lowest BCUT2D eigenvalue weighted by Gasteiger charge is -2.30. The number of hydrogen-bond donors (Lipinski definition) is 3. The van der Waals surface area contributed by atoms with E-state index >= 15 is 0 Å². The van der Waals surface area contributed by atoms with E-state index in [1.54, 1.807) is 19.2 Å². The zero-order valence-electron chi connectivity index (χ0n) is 18.1. The molecule has 3 rings (SSSR count). The molecule has 6 nitrogen and oxygen atoms in total. The van der Waals surface area contributed by atoms with Gasteiger partial charge in [-0.15, -0.1) is 0 Å². The fourth-order valence-corrected chi connectivity index (χ4v) is 3.74. The molecule has 0 spiro atoms. The van der Waals surface area contributed by atoms with Crippen molar-refractivity contribution in [3.05, 3.63) is 59.4 Å². The Morgan fingerprint density at radius 1 is 1.16 bits per heavy atom. The summed E-state index contributed by atoms with van der Waals surface area (Å²) in [7, 11) is 1.59. The third-order valence-electron chi connectivity index (χ3n) is 5.54. The van der Waals surface area contributed by atoms with Crippen molar-refractivity contribution in [3.8, 4) is 11.5 Å². The maximum Gasteiger partial charge on any atom is 0.161 e. The van der Waals surface area contributed by atoms with Crippen molar-refractivity contribution in [3.63, 3.8) is 0 Å². The predicted molar refractivity (Wildman–Crippen MR) is 118 cm³/mol. The Bertz CT molecular complexity index is 812. The molecule has 0 aliphatic carbocycles. The van der Waals surface area contributed by atoms with Crippen molar-refractivity contribution < 1.29 is 24.1 Å². The number of piperidine rings is 1. The van der Waals surface area contributed by atoms with Crippen molar-refractivity contribution in [1.82, 2.24) is 10.2 Å². The highest BCUT2D eigenvalue weighted by atomic mass is 19.1. The number of nitrogens with one attached hydrogen (secondary N) is 1. The molecule has 0 bridgehead atoms. The molecule has 1 saturated heterocycles. The molecule has 31 heavy (non-hydrogen) atoms. The first-order chi connectivity index (χ1) is 15.0. The van der Waals surface area contributed by atoms with Gasteiger partial charge in [-0.3, -0.25) is 0 Å². The summed E-state index contributed by atoms with van der Waals surface area (Å²) in [5.41, 5.74) is 1.74. The number of β-amino-alcohol motifs (C(OH)–C–C–N with tert-alkyl or cyclic N) is 1. The SMILES string of the molecule is COc1cc(CNCCc2ccccc2F)ccc1OC[C@@H](O)CN1CCC(O)CC1. The maximum atomic E-state index is 13.7. The Kier molecular flexibility index (Phi) is 9.09. The molecule has 0 unspecified atom stereocenters. The summed E-state index contributed by atoms with van der Waals surface area (Å²) in [6.45, 7) is 3.59. The lowest BCUT2D eigenvalue weighted by Crippen LogP contribution is -2.41. The first-order valence-electron chi connectivity index (χ1n) is 10.9. The van der Waals surface area contributed by atoms with Crippen molar-refractivity contribution in [2.24, 2.45) is 0 Å². The van der Waals surface area contributed by atoms with Crippen LogP contribution in [0.4, 0.5) is 4.39 Å². The van der Waals surface area contributed by atoms with Gasteiger partial charge in [0.15, 0.2) is 11.5 Å². The molecule has 2 aromatic rings. The molecular formula is C24H33FN2O4. The molecule has 1 heterocycles. The summed E-state index contributed by atoms with van der Waals surface area (Å²) in [6, 6.07) is 12.5. The van der Waals surface area contributed by atoms with E-state index < -0.39 is 6.10 Å². The molecule has 1 atom stereocenters. The van der Waals surface area contributed by atoms with Crippen molar-refractivity contribution in [2.75, 3.05) is 39.9 Å². The second kappa shape index (κ2) is 12.0. The first-order valence-corrected chi connectivity index (χ1v) is 10.9. The van der Waals surface area contributed by atoms with E-state index in [1.165, 1.54) is 6.07 Å². The molecule has 1 aliphatic rings. The van der Waals surface area contributed by atoms with Gasteiger partial charge in [-0.1, -0.05) is 24.3 Å². The minimum absolute atomic E-state index is 0.174. The van der Waals surface area contributed by atoms with Crippen LogP contribution in [0.1, 0.15) is 24.0 Å². The summed E-state index contributed by atoms with van der Waals surface area (Å²) in [5.74, 6) is 1.03. The maximum absolute atomic E-state index is 13.7. The average Bonchev–Trinajstić information content (AvgIpc) is 2.78. The monoisotopic (exact) mass is 432 g/mol. The van der Waals surface area contributed by atoms with Gasteiger partial charge >= 0.3 is 0 Å². The quantitative estimate of drug-likeness (QED) is 0.474. The lowest BCUT2D eigenvalue weighted by atomic mass is 10.1. The van der Waals surface area contributed by atoms with Gasteiger partial charge < -0.3 is 29.9 Å². The fraction of sp³-hybridized carbons (Fsp3) is 0.500. The number of aliphatic hydroxyl groups excluding tert-OH is 2. The average molecular weight is 433 g/mol. The topological polar surface area (TPSA) is 74.2 Å². The lowest BCUT2D eigenvalue weighted by molar-refractivity contribution is 0.0333. The highest BCUT2D eigenvalue weighted by molar-refractivity contribution is 5.43. The zero-order chi connectivity index (χ0) is 22.1. The highest BCUT2D eigenvalue weighted by Crippen LogP contribution is 2.28. The molecule has 0 radical (unpaired) electrons. The van der Waals surface area contributed by atoms with Crippen LogP contribution in [0.15, 0.2) is 42.5 Å². The van der Waals surface area contributed by atoms with Gasteiger partial charge in [0.2, 0.25) is 0 Å². The Balaban J connectivity index is 1.43. The van der Waals surface area contributed by atoms with E-state index in [0.29, 0.717) is 43.1 Å². The van der Waals surface area contributed by atoms with Crippen LogP contribution in [0.5, 0.6) is 11.5 Å². The van der Waals surface area contributed by atoms with Crippen LogP contribution in [0, 0.1) is 5.82 Å². The highest BCUT2D eigenvalue weighted by Gasteiger charge is 2.20. The van der Waals surface area contributed by atoms with Crippen molar-refractivity contribution in [2.45, 2.75) is 38.0 Å². The number of hydrogen-bond acceptors (Lipinski definition) is 6. The number of rotatable bonds is 11. The molecule has 1 fully saturated rings. The van der Waals surface area contributed by atoms with Crippen LogP contribution in [-0.2, 0) is 13.0 Å². The van der Waals surface area contributed by atoms with E-state index in [9.17, 15) is 14.6 Å². The zero-order valence-corrected chi connectivity index (χ0v) is 18.1. The Morgan fingerprint density at radius 2 is 1.94 bits per heavy atom. The van der Waals surface area contributed by atoms with Crippen LogP contribution in [0.3, 0.4) is 0 Å². The molecule has 0 amide bonds. The number of halogens is 1. The third kappa shape index (κ3) is 7.47. The minimum atomic E-state index is -0.611. The molecule has 170 valence electrons. The summed E-state index contributed by atoms with van der Waals surface area (Å²) in [5, 5.41) is 23.2. The fourth-order valence-electron chi connectivity index (χ4n) is 3.74. The number of ether oxygens (including phenoxy) is 2. The van der Waals surface area contributed by atoms with Gasteiger partial charge in [-0.05, 0) is 55.1 Å². The molecule has 3 N–H and O–H groups in total. The second-order valence-electron chi connectivity index (χ2n) is 8.00. The summed E-state index contributed by atoms with van der Waals surface area (Å²) in [4.78, 5) is 2.15. The van der Waals surface area contributed by atoms with Crippen LogP contribution in [0.25, 0.3) is 0 Å². The Hall–Kier alpha value is -2.19. The molecule has 0 aromatic heterocycles. The van der Waals surface area contributed by atoms with Gasteiger partial charge in [0.05, 0.1) is 13.2 Å². The van der Waals surface area contributed by atoms with E-state index in [0.717, 1.165) is 31.5 Å². The molecular weight excluding hydrogens is 399 g/mol. The van der Waals surface area contributed by atoms with Crippen LogP contribution in [-0.4, -0.2) is 67.2 Å². The smallest absolute Gasteiger partial charge is 0.161 e. The summed E-state index contributed by atoms with van der Waals surface area (Å²) in [6.07, 6.45) is 1.29. The van der Waals surface area contributed by atoms with Gasteiger partial charge in [0.25, 0.3) is 0 Å². The van der Waals surface area contributed by atoms with Crippen molar-refractivity contribution >= 4 is 0 Å². The van der Waals surface area contributed by atoms with E-state index in [4.69, 9.17) is 9.47 Å². The number of methoxy groups -OCH3 is 1. The number of nitrogens with zero attached hydrogens (tertiary/aromatic N) is 1. The first kappa shape index (κ1) is 23.5. The number of likely N-dealkylation sites (tertiary alicyclic amines) is 1. The van der Waals surface area contributed by atoms with E-state index in [2.05, 4.69) is 10.2 Å². The largest absolute Gasteiger partial charge is 0.493 e. The molecule has 7 heteroatoms. The van der Waals surface area contributed by atoms with Gasteiger partial charge in [0.1, 0.15) is 18.5 Å². The Morgan fingerprint density at radius 3 is 2.68 bits per heavy atom. The minimum Gasteiger partial charge on any atom is -0.493 e. The summed E-state index contributed by atoms with van der Waals surface area (Å²) < 4.78 is 24.9. The molecule has 1 aliphatic heterocycles. The van der Waals surface area contributed by atoms with Crippen LogP contribution >= 0.6 is 0 Å². The summed E-state index contributed by atoms with van der Waals surface area (Å²) >= 11 is 0. The number of benzene rings is 2. The van der Waals surface area contributed by atoms with E-state index in [-0.39, 0.29) is 18.5 Å². The normalized spacial score (nSPS) is 16.3. The third-order valence-corrected chi connectivity index (χ3v) is 5.54. The van der Waals surface area contributed by atoms with Crippen molar-refractivity contribution in [1.29, 1.82) is 0 Å². The number of aliphatic hydroxyl groups is 2. The predicted octanol–water partition coefficient (Wildman–Crippen LogP) is 2.36. The standard InChI is InChI=1S/C24H33FN2O4/c1-30-24-14-18(15-26-11-8-19-4-2-3-5-22(19)25)6-7-23(24)31-17-21(29)16-27-12-9-20(28)10-13-27/h2-7,14,20-21,26,28-29H,8-13,15-17H2,1H3/t21-/m0/s1. The second-order valence-corrected chi connectivity index (χ2v) is 8.00. The molecule has 2 aromatic carbocycles. The van der Waals surface area contributed by atoms with Crippen LogP contribution in [0.2, 0.25) is 0 Å². The van der Waals surface area contributed by atoms with Gasteiger partial charge in [-0.2, -0.15) is 0 Å². The van der Waals surface area contributed by atoms with Crippen LogP contribution < -0.4 is 14.8 Å². The Labute approximate surface area is 183 Å².